The number of amidine groups is 1. The zero-order chi connectivity index (χ0) is 19.8. The zero-order valence-electron chi connectivity index (χ0n) is 14.3. The van der Waals surface area contributed by atoms with Crippen molar-refractivity contribution in [1.29, 1.82) is 0 Å². The first-order valence-electron chi connectivity index (χ1n) is 7.97. The zero-order valence-corrected chi connectivity index (χ0v) is 16.7. The SMILES string of the molecule is C[C@H](N=C1NC(=O)C(C)(C(F)(F)c2ccnc(Br)c2)S1)c1ccc(F)cc1. The molecule has 1 aliphatic rings. The second-order valence-corrected chi connectivity index (χ2v) is 8.41. The first kappa shape index (κ1) is 19.9. The number of alkyl halides is 2. The van der Waals surface area contributed by atoms with Gasteiger partial charge in [0, 0.05) is 11.8 Å². The molecule has 1 saturated heterocycles. The van der Waals surface area contributed by atoms with E-state index in [1.165, 1.54) is 37.4 Å². The first-order valence-corrected chi connectivity index (χ1v) is 9.58. The number of amides is 1. The number of nitrogens with zero attached hydrogens (tertiary/aromatic N) is 2. The van der Waals surface area contributed by atoms with Crippen LogP contribution in [0.15, 0.2) is 52.2 Å². The molecule has 1 amide bonds. The molecule has 2 atom stereocenters. The van der Waals surface area contributed by atoms with Crippen molar-refractivity contribution < 1.29 is 18.0 Å². The minimum Gasteiger partial charge on any atom is -0.304 e. The lowest BCUT2D eigenvalue weighted by Crippen LogP contribution is -2.47. The number of nitrogens with one attached hydrogen (secondary N) is 1. The molecule has 142 valence electrons. The summed E-state index contributed by atoms with van der Waals surface area (Å²) in [7, 11) is 0. The summed E-state index contributed by atoms with van der Waals surface area (Å²) in [6, 6.07) is 7.66. The monoisotopic (exact) mass is 457 g/mol. The third kappa shape index (κ3) is 3.75. The topological polar surface area (TPSA) is 54.4 Å². The van der Waals surface area contributed by atoms with E-state index in [4.69, 9.17) is 0 Å². The molecule has 0 saturated carbocycles. The lowest BCUT2D eigenvalue weighted by Gasteiger charge is -2.30. The van der Waals surface area contributed by atoms with Crippen molar-refractivity contribution in [3.63, 3.8) is 0 Å². The van der Waals surface area contributed by atoms with Crippen molar-refractivity contribution in [2.45, 2.75) is 30.6 Å². The second-order valence-electron chi connectivity index (χ2n) is 6.19. The quantitative estimate of drug-likeness (QED) is 0.669. The van der Waals surface area contributed by atoms with Gasteiger partial charge in [-0.15, -0.1) is 0 Å². The molecular formula is C18H15BrF3N3OS. The van der Waals surface area contributed by atoms with E-state index in [1.807, 2.05) is 0 Å². The minimum atomic E-state index is -3.45. The van der Waals surface area contributed by atoms with Crippen LogP contribution in [0.4, 0.5) is 13.2 Å². The summed E-state index contributed by atoms with van der Waals surface area (Å²) in [4.78, 5) is 20.6. The van der Waals surface area contributed by atoms with Gasteiger partial charge in [0.15, 0.2) is 9.91 Å². The summed E-state index contributed by atoms with van der Waals surface area (Å²) in [6.45, 7) is 2.92. The molecule has 1 N–H and O–H groups in total. The number of thioether (sulfide) groups is 1. The Morgan fingerprint density at radius 3 is 2.59 bits per heavy atom. The Morgan fingerprint density at radius 2 is 1.96 bits per heavy atom. The van der Waals surface area contributed by atoms with Gasteiger partial charge in [0.2, 0.25) is 5.91 Å². The van der Waals surface area contributed by atoms with Crippen LogP contribution in [0.1, 0.15) is 31.0 Å². The van der Waals surface area contributed by atoms with Crippen molar-refractivity contribution in [3.05, 3.63) is 64.1 Å². The fourth-order valence-electron chi connectivity index (χ4n) is 2.61. The van der Waals surface area contributed by atoms with E-state index >= 15 is 8.78 Å². The summed E-state index contributed by atoms with van der Waals surface area (Å²) < 4.78 is 41.5. The molecule has 1 unspecified atom stereocenters. The van der Waals surface area contributed by atoms with Crippen LogP contribution in [0.5, 0.6) is 0 Å². The van der Waals surface area contributed by atoms with Crippen LogP contribution in [-0.2, 0) is 10.7 Å². The molecule has 1 aromatic heterocycles. The van der Waals surface area contributed by atoms with E-state index in [1.54, 1.807) is 19.1 Å². The van der Waals surface area contributed by atoms with Gasteiger partial charge in [0.25, 0.3) is 5.92 Å². The number of benzene rings is 1. The van der Waals surface area contributed by atoms with Crippen LogP contribution in [-0.4, -0.2) is 20.8 Å². The summed E-state index contributed by atoms with van der Waals surface area (Å²) >= 11 is 3.75. The van der Waals surface area contributed by atoms with Crippen LogP contribution < -0.4 is 5.32 Å². The largest absolute Gasteiger partial charge is 0.304 e. The third-order valence-electron chi connectivity index (χ3n) is 4.31. The fraction of sp³-hybridized carbons (Fsp3) is 0.278. The van der Waals surface area contributed by atoms with Crippen LogP contribution in [0, 0.1) is 5.82 Å². The molecule has 2 heterocycles. The molecule has 1 fully saturated rings. The van der Waals surface area contributed by atoms with Crippen LogP contribution in [0.25, 0.3) is 0 Å². The van der Waals surface area contributed by atoms with Gasteiger partial charge < -0.3 is 5.32 Å². The maximum atomic E-state index is 15.1. The molecule has 0 radical (unpaired) electrons. The highest BCUT2D eigenvalue weighted by atomic mass is 79.9. The normalized spacial score (nSPS) is 22.7. The summed E-state index contributed by atoms with van der Waals surface area (Å²) in [5.41, 5.74) is 0.388. The Morgan fingerprint density at radius 1 is 1.30 bits per heavy atom. The first-order chi connectivity index (χ1) is 12.6. The summed E-state index contributed by atoms with van der Waals surface area (Å²) in [5, 5.41) is 2.54. The van der Waals surface area contributed by atoms with Crippen molar-refractivity contribution >= 4 is 38.8 Å². The van der Waals surface area contributed by atoms with Gasteiger partial charge in [0.05, 0.1) is 6.04 Å². The Hall–Kier alpha value is -1.87. The Kier molecular flexibility index (Phi) is 5.36. The van der Waals surface area contributed by atoms with E-state index in [0.717, 1.165) is 0 Å². The van der Waals surface area contributed by atoms with Crippen molar-refractivity contribution in [2.24, 2.45) is 4.99 Å². The number of aromatic nitrogens is 1. The second kappa shape index (κ2) is 7.27. The Balaban J connectivity index is 1.88. The van der Waals surface area contributed by atoms with Crippen LogP contribution >= 0.6 is 27.7 Å². The van der Waals surface area contributed by atoms with Gasteiger partial charge in [-0.25, -0.2) is 9.37 Å². The minimum absolute atomic E-state index is 0.104. The Labute approximate surface area is 166 Å². The smallest absolute Gasteiger partial charge is 0.296 e. The molecule has 0 bridgehead atoms. The van der Waals surface area contributed by atoms with Gasteiger partial charge in [0.1, 0.15) is 10.4 Å². The highest BCUT2D eigenvalue weighted by molar-refractivity contribution is 9.10. The molecule has 2 aromatic rings. The predicted molar refractivity (Wildman–Crippen MR) is 102 cm³/mol. The van der Waals surface area contributed by atoms with E-state index < -0.39 is 22.6 Å². The van der Waals surface area contributed by atoms with Crippen molar-refractivity contribution in [2.75, 3.05) is 0 Å². The standard InChI is InChI=1S/C18H15BrF3N3OS/c1-10(11-3-5-13(20)6-4-11)24-16-25-15(26)17(2,27-16)18(21,22)12-7-8-23-14(19)9-12/h3-10H,1-2H3,(H,24,25,26)/t10-,17?/m0/s1. The van der Waals surface area contributed by atoms with E-state index in [0.29, 0.717) is 17.3 Å². The molecule has 1 aliphatic heterocycles. The lowest BCUT2D eigenvalue weighted by molar-refractivity contribution is -0.132. The van der Waals surface area contributed by atoms with Crippen LogP contribution in [0.3, 0.4) is 0 Å². The summed E-state index contributed by atoms with van der Waals surface area (Å²) in [6.07, 6.45) is 1.25. The number of hydrogen-bond acceptors (Lipinski definition) is 4. The highest BCUT2D eigenvalue weighted by Gasteiger charge is 2.61. The van der Waals surface area contributed by atoms with Gasteiger partial charge in [-0.3, -0.25) is 9.79 Å². The molecule has 4 nitrogen and oxygen atoms in total. The molecule has 9 heteroatoms. The Bertz CT molecular complexity index is 907. The number of halogens is 4. The molecular weight excluding hydrogens is 443 g/mol. The number of pyridine rings is 1. The number of rotatable bonds is 4. The van der Waals surface area contributed by atoms with E-state index in [-0.39, 0.29) is 21.2 Å². The molecule has 0 aliphatic carbocycles. The third-order valence-corrected chi connectivity index (χ3v) is 5.99. The molecule has 1 aromatic carbocycles. The van der Waals surface area contributed by atoms with Gasteiger partial charge >= 0.3 is 0 Å². The number of hydrogen-bond donors (Lipinski definition) is 1. The van der Waals surface area contributed by atoms with Crippen molar-refractivity contribution in [1.82, 2.24) is 10.3 Å². The van der Waals surface area contributed by atoms with Crippen LogP contribution in [0.2, 0.25) is 0 Å². The summed E-state index contributed by atoms with van der Waals surface area (Å²) in [5.74, 6) is -4.66. The number of carbonyl (C=O) groups excluding carboxylic acids is 1. The van der Waals surface area contributed by atoms with Gasteiger partial charge in [-0.1, -0.05) is 23.9 Å². The highest BCUT2D eigenvalue weighted by Crippen LogP contribution is 2.50. The lowest BCUT2D eigenvalue weighted by atomic mass is 9.95. The molecule has 3 rings (SSSR count). The van der Waals surface area contributed by atoms with E-state index in [9.17, 15) is 9.18 Å². The molecule has 27 heavy (non-hydrogen) atoms. The van der Waals surface area contributed by atoms with Gasteiger partial charge in [-0.05, 0) is 59.6 Å². The van der Waals surface area contributed by atoms with Gasteiger partial charge in [-0.2, -0.15) is 8.78 Å². The maximum Gasteiger partial charge on any atom is 0.296 e. The van der Waals surface area contributed by atoms with E-state index in [2.05, 4.69) is 31.2 Å². The number of aliphatic imine (C=N–C) groups is 1. The average Bonchev–Trinajstić information content (AvgIpc) is 2.90. The maximum absolute atomic E-state index is 15.1. The fourth-order valence-corrected chi connectivity index (χ4v) is 4.11. The average molecular weight is 458 g/mol. The van der Waals surface area contributed by atoms with Crippen molar-refractivity contribution in [3.8, 4) is 0 Å². The molecule has 0 spiro atoms. The number of carbonyl (C=O) groups is 1. The predicted octanol–water partition coefficient (Wildman–Crippen LogP) is 4.81.